The van der Waals surface area contributed by atoms with Crippen molar-refractivity contribution in [2.45, 2.75) is 58.2 Å². The third kappa shape index (κ3) is 11.2. The van der Waals surface area contributed by atoms with Gasteiger partial charge in [0, 0.05) is 33.7 Å². The third-order valence-electron chi connectivity index (χ3n) is 6.06. The molecule has 0 radical (unpaired) electrons. The van der Waals surface area contributed by atoms with E-state index in [0.29, 0.717) is 12.0 Å². The van der Waals surface area contributed by atoms with Gasteiger partial charge >= 0.3 is 0 Å². The van der Waals surface area contributed by atoms with Gasteiger partial charge in [-0.1, -0.05) is 43.7 Å². The average molecular weight is 562 g/mol. The molecule has 2 rings (SSSR count). The minimum Gasteiger partial charge on any atom is -0.382 e. The zero-order chi connectivity index (χ0) is 30.2. The van der Waals surface area contributed by atoms with E-state index in [1.807, 2.05) is 13.8 Å². The number of nitrogens with zero attached hydrogens (tertiary/aromatic N) is 2. The van der Waals surface area contributed by atoms with E-state index in [4.69, 9.17) is 4.74 Å². The van der Waals surface area contributed by atoms with Crippen molar-refractivity contribution in [3.05, 3.63) is 35.9 Å². The number of nitrogens with one attached hydrogen (secondary N) is 3. The van der Waals surface area contributed by atoms with Crippen LogP contribution in [0.5, 0.6) is 0 Å². The molecular weight excluding hydrogens is 518 g/mol. The lowest BCUT2D eigenvalue weighted by Crippen LogP contribution is -2.52. The van der Waals surface area contributed by atoms with Gasteiger partial charge in [0.2, 0.25) is 23.5 Å². The van der Waals surface area contributed by atoms with E-state index in [2.05, 4.69) is 16.0 Å². The average Bonchev–Trinajstić information content (AvgIpc) is 3.28. The standard InChI is InChI=1S/C24H33N5O6.C4H10O/c1-5-9-17(26-22(33)18-12-16(30)14-29(18)4)21(32)23(34)25-13-19(31)27-20(24(35)28(2)3)15-10-7-6-8-11-15;1-3-5-4-2/h6-8,10-11,17-18,20H,5,9,12-14H2,1-4H3,(H,25,34)(H,26,33)(H,27,31);3-4H2,1-2H3/t17?,18?,20-;/m0./s1. The summed E-state index contributed by atoms with van der Waals surface area (Å²) in [6, 6.07) is 5.93. The molecule has 1 aromatic rings. The van der Waals surface area contributed by atoms with Gasteiger partial charge in [-0.2, -0.15) is 0 Å². The second kappa shape index (κ2) is 17.9. The summed E-state index contributed by atoms with van der Waals surface area (Å²) in [4.78, 5) is 77.3. The van der Waals surface area contributed by atoms with Crippen molar-refractivity contribution < 1.29 is 33.5 Å². The molecule has 12 nitrogen and oxygen atoms in total. The molecule has 0 aliphatic carbocycles. The molecule has 40 heavy (non-hydrogen) atoms. The number of ether oxygens (including phenoxy) is 1. The molecule has 0 saturated carbocycles. The normalized spacial score (nSPS) is 16.1. The Morgan fingerprint density at radius 3 is 2.12 bits per heavy atom. The monoisotopic (exact) mass is 561 g/mol. The second-order valence-electron chi connectivity index (χ2n) is 9.50. The number of carbonyl (C=O) groups is 6. The van der Waals surface area contributed by atoms with Crippen molar-refractivity contribution in [1.29, 1.82) is 0 Å². The summed E-state index contributed by atoms with van der Waals surface area (Å²) < 4.78 is 4.83. The van der Waals surface area contributed by atoms with Gasteiger partial charge in [0.25, 0.3) is 5.91 Å². The van der Waals surface area contributed by atoms with E-state index in [9.17, 15) is 28.8 Å². The first-order chi connectivity index (χ1) is 19.0. The van der Waals surface area contributed by atoms with Crippen LogP contribution in [0.3, 0.4) is 0 Å². The van der Waals surface area contributed by atoms with Crippen molar-refractivity contribution in [2.75, 3.05) is 47.4 Å². The molecule has 1 aliphatic heterocycles. The molecule has 4 amide bonds. The summed E-state index contributed by atoms with van der Waals surface area (Å²) in [5, 5.41) is 7.41. The van der Waals surface area contributed by atoms with Crippen LogP contribution in [0.25, 0.3) is 0 Å². The maximum absolute atomic E-state index is 12.7. The largest absolute Gasteiger partial charge is 0.382 e. The number of likely N-dealkylation sites (N-methyl/N-ethyl adjacent to an activating group) is 2. The Morgan fingerprint density at radius 2 is 1.65 bits per heavy atom. The van der Waals surface area contributed by atoms with Gasteiger partial charge in [-0.15, -0.1) is 0 Å². The number of benzene rings is 1. The smallest absolute Gasteiger partial charge is 0.290 e. The minimum atomic E-state index is -1.08. The van der Waals surface area contributed by atoms with Crippen LogP contribution in [0.4, 0.5) is 0 Å². The summed E-state index contributed by atoms with van der Waals surface area (Å²) in [6.45, 7) is 7.09. The lowest BCUT2D eigenvalue weighted by molar-refractivity contribution is -0.141. The zero-order valence-electron chi connectivity index (χ0n) is 24.3. The molecule has 0 bridgehead atoms. The topological polar surface area (TPSA) is 154 Å². The summed E-state index contributed by atoms with van der Waals surface area (Å²) in [7, 11) is 4.76. The summed E-state index contributed by atoms with van der Waals surface area (Å²) >= 11 is 0. The van der Waals surface area contributed by atoms with Gasteiger partial charge in [0.05, 0.1) is 25.2 Å². The van der Waals surface area contributed by atoms with Crippen LogP contribution in [0.2, 0.25) is 0 Å². The maximum Gasteiger partial charge on any atom is 0.290 e. The Labute approximate surface area is 236 Å². The summed E-state index contributed by atoms with van der Waals surface area (Å²) in [6.07, 6.45) is 0.799. The number of amides is 4. The van der Waals surface area contributed by atoms with Crippen LogP contribution in [-0.4, -0.2) is 105 Å². The third-order valence-corrected chi connectivity index (χ3v) is 6.06. The van der Waals surface area contributed by atoms with Crippen molar-refractivity contribution in [3.63, 3.8) is 0 Å². The molecule has 1 saturated heterocycles. The number of likely N-dealkylation sites (tertiary alicyclic amines) is 1. The van der Waals surface area contributed by atoms with Gasteiger partial charge in [0.15, 0.2) is 0 Å². The predicted molar refractivity (Wildman–Crippen MR) is 149 cm³/mol. The summed E-state index contributed by atoms with van der Waals surface area (Å²) in [5.41, 5.74) is 0.572. The fourth-order valence-electron chi connectivity index (χ4n) is 3.96. The highest BCUT2D eigenvalue weighted by atomic mass is 16.5. The molecule has 1 aliphatic rings. The fourth-order valence-corrected chi connectivity index (χ4v) is 3.96. The molecule has 1 fully saturated rings. The fraction of sp³-hybridized carbons (Fsp3) is 0.571. The molecule has 222 valence electrons. The molecule has 0 aromatic heterocycles. The van der Waals surface area contributed by atoms with E-state index in [1.165, 1.54) is 4.90 Å². The quantitative estimate of drug-likeness (QED) is 0.289. The van der Waals surface area contributed by atoms with E-state index < -0.39 is 48.2 Å². The Morgan fingerprint density at radius 1 is 1.02 bits per heavy atom. The highest BCUT2D eigenvalue weighted by Gasteiger charge is 2.36. The van der Waals surface area contributed by atoms with E-state index in [1.54, 1.807) is 63.3 Å². The first kappa shape index (κ1) is 34.4. The number of hydrogen-bond donors (Lipinski definition) is 3. The molecule has 0 spiro atoms. The van der Waals surface area contributed by atoms with Crippen molar-refractivity contribution in [3.8, 4) is 0 Å². The van der Waals surface area contributed by atoms with Crippen LogP contribution in [0.15, 0.2) is 30.3 Å². The molecule has 1 aromatic carbocycles. The predicted octanol–water partition coefficient (Wildman–Crippen LogP) is 0.218. The second-order valence-corrected chi connectivity index (χ2v) is 9.50. The van der Waals surface area contributed by atoms with Crippen molar-refractivity contribution in [1.82, 2.24) is 25.8 Å². The molecule has 3 atom stereocenters. The maximum atomic E-state index is 12.7. The van der Waals surface area contributed by atoms with Crippen molar-refractivity contribution >= 4 is 35.2 Å². The Hall–Kier alpha value is -3.64. The van der Waals surface area contributed by atoms with Gasteiger partial charge in [0.1, 0.15) is 11.8 Å². The van der Waals surface area contributed by atoms with Gasteiger partial charge in [-0.05, 0) is 32.9 Å². The van der Waals surface area contributed by atoms with Crippen LogP contribution >= 0.6 is 0 Å². The van der Waals surface area contributed by atoms with Gasteiger partial charge < -0.3 is 25.6 Å². The van der Waals surface area contributed by atoms with Gasteiger partial charge in [-0.3, -0.25) is 33.7 Å². The Bertz CT molecular complexity index is 1010. The lowest BCUT2D eigenvalue weighted by atomic mass is 10.0. The highest BCUT2D eigenvalue weighted by molar-refractivity contribution is 6.38. The molecule has 2 unspecified atom stereocenters. The first-order valence-corrected chi connectivity index (χ1v) is 13.4. The molecule has 1 heterocycles. The zero-order valence-corrected chi connectivity index (χ0v) is 24.3. The number of Topliss-reactive ketones (excluding diaryl/α,β-unsaturated/α-hetero) is 2. The highest BCUT2D eigenvalue weighted by Crippen LogP contribution is 2.15. The Kier molecular flexibility index (Phi) is 15.3. The van der Waals surface area contributed by atoms with E-state index >= 15 is 0 Å². The Balaban J connectivity index is 0.00000146. The van der Waals surface area contributed by atoms with Crippen LogP contribution in [0.1, 0.15) is 51.6 Å². The van der Waals surface area contributed by atoms with E-state index in [-0.39, 0.29) is 31.1 Å². The number of rotatable bonds is 13. The van der Waals surface area contributed by atoms with Crippen LogP contribution < -0.4 is 16.0 Å². The van der Waals surface area contributed by atoms with Crippen LogP contribution in [-0.2, 0) is 33.5 Å². The number of hydrogen-bond acceptors (Lipinski definition) is 8. The number of carbonyl (C=O) groups excluding carboxylic acids is 6. The molecule has 12 heteroatoms. The minimum absolute atomic E-state index is 0.0516. The summed E-state index contributed by atoms with van der Waals surface area (Å²) in [5.74, 6) is -3.49. The lowest BCUT2D eigenvalue weighted by Gasteiger charge is -2.23. The van der Waals surface area contributed by atoms with Crippen molar-refractivity contribution in [2.24, 2.45) is 0 Å². The molecular formula is C28H43N5O7. The first-order valence-electron chi connectivity index (χ1n) is 13.4. The number of ketones is 2. The van der Waals surface area contributed by atoms with Gasteiger partial charge in [-0.25, -0.2) is 0 Å². The molecule has 3 N–H and O–H groups in total. The van der Waals surface area contributed by atoms with Crippen LogP contribution in [0, 0.1) is 0 Å². The van der Waals surface area contributed by atoms with E-state index in [0.717, 1.165) is 13.2 Å². The SMILES string of the molecule is CCCC(NC(=O)C1CC(=O)CN1C)C(=O)C(=O)NCC(=O)N[C@H](C(=O)N(C)C)c1ccccc1.CCOCC.